The van der Waals surface area contributed by atoms with Gasteiger partial charge in [0.15, 0.2) is 0 Å². The maximum Gasteiger partial charge on any atom is 0.233 e. The van der Waals surface area contributed by atoms with E-state index in [1.807, 2.05) is 42.5 Å². The van der Waals surface area contributed by atoms with Gasteiger partial charge in [-0.25, -0.2) is 8.42 Å². The zero-order valence-corrected chi connectivity index (χ0v) is 14.0. The van der Waals surface area contributed by atoms with Crippen LogP contribution in [0.4, 0.5) is 11.4 Å². The molecule has 0 aliphatic carbocycles. The fraction of sp³-hybridized carbons (Fsp3) is 0.294. The number of hydrogen-bond donors (Lipinski definition) is 2. The minimum atomic E-state index is -3.36. The Kier molecular flexibility index (Phi) is 6.43. The Bertz CT molecular complexity index is 686. The summed E-state index contributed by atoms with van der Waals surface area (Å²) in [6, 6.07) is 16.7. The molecule has 0 heterocycles. The van der Waals surface area contributed by atoms with Crippen LogP contribution in [-0.4, -0.2) is 34.4 Å². The molecule has 23 heavy (non-hydrogen) atoms. The number of anilines is 2. The van der Waals surface area contributed by atoms with Gasteiger partial charge in [-0.1, -0.05) is 30.3 Å². The molecule has 0 saturated carbocycles. The highest BCUT2D eigenvalue weighted by atomic mass is 32.2. The summed E-state index contributed by atoms with van der Waals surface area (Å²) in [5.74, 6) is 0.0604. The second-order valence-electron chi connectivity index (χ2n) is 5.15. The van der Waals surface area contributed by atoms with Crippen molar-refractivity contribution in [3.8, 4) is 0 Å². The highest BCUT2D eigenvalue weighted by Crippen LogP contribution is 2.15. The van der Waals surface area contributed by atoms with Crippen LogP contribution in [0.15, 0.2) is 54.6 Å². The smallest absolute Gasteiger partial charge is 0.233 e. The predicted octanol–water partition coefficient (Wildman–Crippen LogP) is 2.73. The van der Waals surface area contributed by atoms with Gasteiger partial charge in [0.2, 0.25) is 10.0 Å². The second-order valence-corrected chi connectivity index (χ2v) is 7.00. The molecule has 0 aliphatic rings. The normalized spacial score (nSPS) is 11.2. The van der Waals surface area contributed by atoms with Gasteiger partial charge in [-0.2, -0.15) is 0 Å². The van der Waals surface area contributed by atoms with Crippen molar-refractivity contribution >= 4 is 21.4 Å². The van der Waals surface area contributed by atoms with E-state index in [1.165, 1.54) is 0 Å². The first-order valence-corrected chi connectivity index (χ1v) is 9.11. The van der Waals surface area contributed by atoms with Crippen LogP contribution in [-0.2, 0) is 21.2 Å². The van der Waals surface area contributed by atoms with Crippen LogP contribution in [0.3, 0.4) is 0 Å². The van der Waals surface area contributed by atoms with Gasteiger partial charge >= 0.3 is 0 Å². The topological polar surface area (TPSA) is 67.4 Å². The summed E-state index contributed by atoms with van der Waals surface area (Å²) >= 11 is 0. The van der Waals surface area contributed by atoms with Gasteiger partial charge in [0.05, 0.1) is 12.4 Å². The van der Waals surface area contributed by atoms with E-state index in [2.05, 4.69) is 10.0 Å². The number of methoxy groups -OCH3 is 1. The molecule has 0 unspecified atom stereocenters. The molecule has 0 radical (unpaired) electrons. The van der Waals surface area contributed by atoms with Crippen molar-refractivity contribution < 1.29 is 13.2 Å². The van der Waals surface area contributed by atoms with Crippen LogP contribution in [0.25, 0.3) is 0 Å². The van der Waals surface area contributed by atoms with E-state index in [4.69, 9.17) is 4.74 Å². The quantitative estimate of drug-likeness (QED) is 0.692. The lowest BCUT2D eigenvalue weighted by atomic mass is 10.2. The van der Waals surface area contributed by atoms with Crippen LogP contribution in [0.1, 0.15) is 5.56 Å². The zero-order chi connectivity index (χ0) is 16.5. The SMILES string of the molecule is COCCNc1ccc(NS(=O)(=O)CCc2ccccc2)cc1. The van der Waals surface area contributed by atoms with Gasteiger partial charge < -0.3 is 10.1 Å². The molecule has 6 heteroatoms. The van der Waals surface area contributed by atoms with Gasteiger partial charge in [-0.05, 0) is 36.2 Å². The molecule has 0 saturated heterocycles. The monoisotopic (exact) mass is 334 g/mol. The van der Waals surface area contributed by atoms with Crippen LogP contribution in [0, 0.1) is 0 Å². The number of aryl methyl sites for hydroxylation is 1. The number of sulfonamides is 1. The fourth-order valence-corrected chi connectivity index (χ4v) is 3.18. The summed E-state index contributed by atoms with van der Waals surface area (Å²) in [7, 11) is -1.71. The third-order valence-electron chi connectivity index (χ3n) is 3.30. The Morgan fingerprint density at radius 1 is 0.957 bits per heavy atom. The van der Waals surface area contributed by atoms with E-state index >= 15 is 0 Å². The maximum absolute atomic E-state index is 12.1. The van der Waals surface area contributed by atoms with Crippen LogP contribution < -0.4 is 10.0 Å². The Morgan fingerprint density at radius 3 is 2.26 bits per heavy atom. The number of ether oxygens (including phenoxy) is 1. The molecule has 2 aromatic carbocycles. The minimum absolute atomic E-state index is 0.0604. The van der Waals surface area contributed by atoms with Gasteiger partial charge in [-0.3, -0.25) is 4.72 Å². The number of rotatable bonds is 9. The van der Waals surface area contributed by atoms with E-state index in [0.29, 0.717) is 25.3 Å². The molecule has 0 spiro atoms. The number of hydrogen-bond acceptors (Lipinski definition) is 4. The van der Waals surface area contributed by atoms with Gasteiger partial charge in [0, 0.05) is 25.0 Å². The van der Waals surface area contributed by atoms with E-state index in [9.17, 15) is 8.42 Å². The van der Waals surface area contributed by atoms with E-state index in [-0.39, 0.29) is 5.75 Å². The molecule has 5 nitrogen and oxygen atoms in total. The summed E-state index contributed by atoms with van der Waals surface area (Å²) in [6.45, 7) is 1.33. The van der Waals surface area contributed by atoms with Crippen LogP contribution in [0.2, 0.25) is 0 Å². The lowest BCUT2D eigenvalue weighted by molar-refractivity contribution is 0.211. The summed E-state index contributed by atoms with van der Waals surface area (Å²) in [5, 5.41) is 3.18. The van der Waals surface area contributed by atoms with Crippen molar-refractivity contribution in [2.75, 3.05) is 36.1 Å². The highest BCUT2D eigenvalue weighted by molar-refractivity contribution is 7.92. The molecule has 2 rings (SSSR count). The summed E-state index contributed by atoms with van der Waals surface area (Å²) in [4.78, 5) is 0. The lowest BCUT2D eigenvalue weighted by Crippen LogP contribution is -2.18. The molecular formula is C17H22N2O3S. The molecular weight excluding hydrogens is 312 g/mol. The van der Waals surface area contributed by atoms with Crippen molar-refractivity contribution in [1.29, 1.82) is 0 Å². The van der Waals surface area contributed by atoms with Gasteiger partial charge in [0.25, 0.3) is 0 Å². The third-order valence-corrected chi connectivity index (χ3v) is 4.58. The summed E-state index contributed by atoms with van der Waals surface area (Å²) < 4.78 is 31.8. The first-order valence-electron chi connectivity index (χ1n) is 7.46. The Morgan fingerprint density at radius 2 is 1.61 bits per heavy atom. The van der Waals surface area contributed by atoms with E-state index < -0.39 is 10.0 Å². The van der Waals surface area contributed by atoms with Crippen molar-refractivity contribution in [2.24, 2.45) is 0 Å². The zero-order valence-electron chi connectivity index (χ0n) is 13.2. The van der Waals surface area contributed by atoms with E-state index in [1.54, 1.807) is 19.2 Å². The standard InChI is InChI=1S/C17H22N2O3S/c1-22-13-12-18-16-7-9-17(10-8-16)19-23(20,21)14-11-15-5-3-2-4-6-15/h2-10,18-19H,11-14H2,1H3. The first-order chi connectivity index (χ1) is 11.1. The molecule has 0 amide bonds. The molecule has 0 aromatic heterocycles. The van der Waals surface area contributed by atoms with E-state index in [0.717, 1.165) is 11.3 Å². The largest absolute Gasteiger partial charge is 0.383 e. The summed E-state index contributed by atoms with van der Waals surface area (Å²) in [5.41, 5.74) is 2.50. The van der Waals surface area contributed by atoms with Crippen LogP contribution >= 0.6 is 0 Å². The first kappa shape index (κ1) is 17.3. The molecule has 0 bridgehead atoms. The van der Waals surface area contributed by atoms with Gasteiger partial charge in [-0.15, -0.1) is 0 Å². The van der Waals surface area contributed by atoms with Crippen molar-refractivity contribution in [2.45, 2.75) is 6.42 Å². The molecule has 2 aromatic rings. The lowest BCUT2D eigenvalue weighted by Gasteiger charge is -2.10. The van der Waals surface area contributed by atoms with Crippen molar-refractivity contribution in [3.63, 3.8) is 0 Å². The van der Waals surface area contributed by atoms with Crippen LogP contribution in [0.5, 0.6) is 0 Å². The second kappa shape index (κ2) is 8.55. The minimum Gasteiger partial charge on any atom is -0.383 e. The number of benzene rings is 2. The maximum atomic E-state index is 12.1. The molecule has 0 fully saturated rings. The predicted molar refractivity (Wildman–Crippen MR) is 94.4 cm³/mol. The fourth-order valence-electron chi connectivity index (χ4n) is 2.08. The Hall–Kier alpha value is -2.05. The summed E-state index contributed by atoms with van der Waals surface area (Å²) in [6.07, 6.45) is 0.493. The number of nitrogens with one attached hydrogen (secondary N) is 2. The Balaban J connectivity index is 1.87. The third kappa shape index (κ3) is 6.30. The molecule has 2 N–H and O–H groups in total. The molecule has 0 atom stereocenters. The Labute approximate surface area is 137 Å². The average Bonchev–Trinajstić information content (AvgIpc) is 2.56. The van der Waals surface area contributed by atoms with Crippen molar-refractivity contribution in [1.82, 2.24) is 0 Å². The molecule has 124 valence electrons. The van der Waals surface area contributed by atoms with Crippen molar-refractivity contribution in [3.05, 3.63) is 60.2 Å². The average molecular weight is 334 g/mol. The highest BCUT2D eigenvalue weighted by Gasteiger charge is 2.10. The van der Waals surface area contributed by atoms with Gasteiger partial charge in [0.1, 0.15) is 0 Å². The molecule has 0 aliphatic heterocycles.